The van der Waals surface area contributed by atoms with Crippen LogP contribution in [0.1, 0.15) is 49.5 Å². The molecule has 2 heterocycles. The monoisotopic (exact) mass is 343 g/mol. The number of methoxy groups -OCH3 is 1. The Labute approximate surface area is 148 Å². The molecule has 0 radical (unpaired) electrons. The predicted molar refractivity (Wildman–Crippen MR) is 94.4 cm³/mol. The molecular formula is C20H25NO4. The fourth-order valence-corrected chi connectivity index (χ4v) is 3.51. The Morgan fingerprint density at radius 1 is 1.36 bits per heavy atom. The van der Waals surface area contributed by atoms with Crippen LogP contribution in [0.25, 0.3) is 0 Å². The molecule has 1 aliphatic heterocycles. The number of hydrogen-bond donors (Lipinski definition) is 1. The van der Waals surface area contributed by atoms with Gasteiger partial charge in [-0.15, -0.1) is 0 Å². The number of nitrogens with zero attached hydrogens (tertiary/aromatic N) is 1. The summed E-state index contributed by atoms with van der Waals surface area (Å²) < 4.78 is 10.4. The largest absolute Gasteiger partial charge is 0.497 e. The number of ether oxygens (including phenoxy) is 1. The van der Waals surface area contributed by atoms with Crippen molar-refractivity contribution in [2.75, 3.05) is 13.7 Å². The molecule has 3 rings (SSSR count). The van der Waals surface area contributed by atoms with Gasteiger partial charge in [-0.25, -0.2) is 0 Å². The molecule has 1 aromatic heterocycles. The van der Waals surface area contributed by atoms with Crippen molar-refractivity contribution < 1.29 is 19.1 Å². The summed E-state index contributed by atoms with van der Waals surface area (Å²) in [6.07, 6.45) is 3.27. The van der Waals surface area contributed by atoms with Gasteiger partial charge < -0.3 is 19.2 Å². The van der Waals surface area contributed by atoms with Crippen LogP contribution in [0.4, 0.5) is 0 Å². The van der Waals surface area contributed by atoms with Crippen molar-refractivity contribution in [2.45, 2.75) is 44.2 Å². The standard InChI is InChI=1S/C20H25NO4/c1-14(15-7-9-17(24-2)10-8-15)20(23)21-11-3-5-16(21)13-18(22)19-6-4-12-25-19/h4,6-10,12,14,16,18,22H,3,5,11,13H2,1-2H3. The van der Waals surface area contributed by atoms with Crippen LogP contribution >= 0.6 is 0 Å². The number of carbonyl (C=O) groups excluding carboxylic acids is 1. The van der Waals surface area contributed by atoms with E-state index >= 15 is 0 Å². The minimum Gasteiger partial charge on any atom is -0.497 e. The van der Waals surface area contributed by atoms with Crippen LogP contribution in [0.3, 0.4) is 0 Å². The Morgan fingerprint density at radius 2 is 2.12 bits per heavy atom. The summed E-state index contributed by atoms with van der Waals surface area (Å²) in [6, 6.07) is 11.2. The van der Waals surface area contributed by atoms with Gasteiger partial charge in [-0.2, -0.15) is 0 Å². The Hall–Kier alpha value is -2.27. The molecule has 3 atom stereocenters. The molecule has 0 bridgehead atoms. The molecule has 1 amide bonds. The van der Waals surface area contributed by atoms with Crippen LogP contribution in [0, 0.1) is 0 Å². The summed E-state index contributed by atoms with van der Waals surface area (Å²) in [5.41, 5.74) is 0.975. The number of aliphatic hydroxyl groups excluding tert-OH is 1. The summed E-state index contributed by atoms with van der Waals surface area (Å²) in [5, 5.41) is 10.3. The van der Waals surface area contributed by atoms with Crippen LogP contribution in [-0.4, -0.2) is 35.6 Å². The van der Waals surface area contributed by atoms with Crippen LogP contribution in [0.5, 0.6) is 5.75 Å². The number of rotatable bonds is 6. The number of aliphatic hydroxyl groups is 1. The smallest absolute Gasteiger partial charge is 0.230 e. The maximum absolute atomic E-state index is 13.0. The third kappa shape index (κ3) is 3.87. The van der Waals surface area contributed by atoms with E-state index in [1.165, 1.54) is 0 Å². The molecule has 134 valence electrons. The number of hydrogen-bond acceptors (Lipinski definition) is 4. The Kier molecular flexibility index (Phi) is 5.43. The van der Waals surface area contributed by atoms with E-state index in [0.29, 0.717) is 12.2 Å². The van der Waals surface area contributed by atoms with Gasteiger partial charge in [-0.1, -0.05) is 12.1 Å². The zero-order valence-corrected chi connectivity index (χ0v) is 14.7. The summed E-state index contributed by atoms with van der Waals surface area (Å²) in [5.74, 6) is 1.23. The third-order valence-electron chi connectivity index (χ3n) is 5.01. The topological polar surface area (TPSA) is 62.9 Å². The second-order valence-electron chi connectivity index (χ2n) is 6.59. The average Bonchev–Trinajstić information content (AvgIpc) is 3.32. The Bertz CT molecular complexity index is 680. The maximum Gasteiger partial charge on any atom is 0.230 e. The highest BCUT2D eigenvalue weighted by Gasteiger charge is 2.33. The number of furan rings is 1. The zero-order chi connectivity index (χ0) is 17.8. The molecule has 25 heavy (non-hydrogen) atoms. The zero-order valence-electron chi connectivity index (χ0n) is 14.7. The van der Waals surface area contributed by atoms with Gasteiger partial charge in [0.05, 0.1) is 19.3 Å². The molecule has 3 unspecified atom stereocenters. The predicted octanol–water partition coefficient (Wildman–Crippen LogP) is 3.51. The van der Waals surface area contributed by atoms with Crippen molar-refractivity contribution in [3.05, 3.63) is 54.0 Å². The number of carbonyl (C=O) groups is 1. The van der Waals surface area contributed by atoms with Crippen LogP contribution in [-0.2, 0) is 4.79 Å². The lowest BCUT2D eigenvalue weighted by Crippen LogP contribution is -2.38. The Balaban J connectivity index is 1.67. The lowest BCUT2D eigenvalue weighted by Gasteiger charge is -2.29. The van der Waals surface area contributed by atoms with Gasteiger partial charge in [0, 0.05) is 19.0 Å². The molecule has 5 nitrogen and oxygen atoms in total. The first kappa shape index (κ1) is 17.5. The number of amides is 1. The fourth-order valence-electron chi connectivity index (χ4n) is 3.51. The van der Waals surface area contributed by atoms with Crippen LogP contribution < -0.4 is 4.74 Å². The summed E-state index contributed by atoms with van der Waals surface area (Å²) in [4.78, 5) is 14.9. The Morgan fingerprint density at radius 3 is 2.76 bits per heavy atom. The lowest BCUT2D eigenvalue weighted by molar-refractivity contribution is -0.133. The van der Waals surface area contributed by atoms with Crippen molar-refractivity contribution in [3.8, 4) is 5.75 Å². The van der Waals surface area contributed by atoms with E-state index in [1.807, 2.05) is 36.1 Å². The molecule has 0 spiro atoms. The van der Waals surface area contributed by atoms with E-state index in [2.05, 4.69) is 0 Å². The molecular weight excluding hydrogens is 318 g/mol. The summed E-state index contributed by atoms with van der Waals surface area (Å²) in [7, 11) is 1.63. The van der Waals surface area contributed by atoms with E-state index < -0.39 is 6.10 Å². The van der Waals surface area contributed by atoms with Gasteiger partial charge in [0.1, 0.15) is 17.6 Å². The van der Waals surface area contributed by atoms with Crippen molar-refractivity contribution >= 4 is 5.91 Å². The van der Waals surface area contributed by atoms with E-state index in [4.69, 9.17) is 9.15 Å². The van der Waals surface area contributed by atoms with E-state index in [9.17, 15) is 9.90 Å². The van der Waals surface area contributed by atoms with Crippen LogP contribution in [0.15, 0.2) is 47.1 Å². The minimum atomic E-state index is -0.676. The molecule has 1 fully saturated rings. The quantitative estimate of drug-likeness (QED) is 0.872. The lowest BCUT2D eigenvalue weighted by atomic mass is 9.98. The highest BCUT2D eigenvalue weighted by Crippen LogP contribution is 2.31. The maximum atomic E-state index is 13.0. The highest BCUT2D eigenvalue weighted by atomic mass is 16.5. The van der Waals surface area contributed by atoms with Gasteiger partial charge in [0.25, 0.3) is 0 Å². The van der Waals surface area contributed by atoms with E-state index in [0.717, 1.165) is 30.7 Å². The molecule has 1 N–H and O–H groups in total. The van der Waals surface area contributed by atoms with Crippen molar-refractivity contribution in [3.63, 3.8) is 0 Å². The molecule has 2 aromatic rings. The number of likely N-dealkylation sites (tertiary alicyclic amines) is 1. The van der Waals surface area contributed by atoms with Gasteiger partial charge in [0.2, 0.25) is 5.91 Å². The summed E-state index contributed by atoms with van der Waals surface area (Å²) in [6.45, 7) is 2.68. The molecule has 5 heteroatoms. The van der Waals surface area contributed by atoms with Gasteiger partial charge in [0.15, 0.2) is 0 Å². The second-order valence-corrected chi connectivity index (χ2v) is 6.59. The van der Waals surface area contributed by atoms with Gasteiger partial charge in [-0.3, -0.25) is 4.79 Å². The van der Waals surface area contributed by atoms with Gasteiger partial charge >= 0.3 is 0 Å². The van der Waals surface area contributed by atoms with Crippen molar-refractivity contribution in [1.29, 1.82) is 0 Å². The SMILES string of the molecule is COc1ccc(C(C)C(=O)N2CCCC2CC(O)c2ccco2)cc1. The summed E-state index contributed by atoms with van der Waals surface area (Å²) >= 11 is 0. The average molecular weight is 343 g/mol. The molecule has 1 saturated heterocycles. The van der Waals surface area contributed by atoms with E-state index in [-0.39, 0.29) is 17.9 Å². The first-order valence-electron chi connectivity index (χ1n) is 8.76. The molecule has 1 aliphatic rings. The van der Waals surface area contributed by atoms with Crippen molar-refractivity contribution in [1.82, 2.24) is 4.90 Å². The third-order valence-corrected chi connectivity index (χ3v) is 5.01. The number of benzene rings is 1. The van der Waals surface area contributed by atoms with Crippen LogP contribution in [0.2, 0.25) is 0 Å². The molecule has 1 aromatic carbocycles. The first-order chi connectivity index (χ1) is 12.1. The minimum absolute atomic E-state index is 0.0494. The highest BCUT2D eigenvalue weighted by molar-refractivity contribution is 5.84. The van der Waals surface area contributed by atoms with Gasteiger partial charge in [-0.05, 0) is 49.6 Å². The molecule has 0 aliphatic carbocycles. The molecule has 0 saturated carbocycles. The van der Waals surface area contributed by atoms with Crippen molar-refractivity contribution in [2.24, 2.45) is 0 Å². The normalized spacial score (nSPS) is 19.6. The van der Waals surface area contributed by atoms with E-state index in [1.54, 1.807) is 25.5 Å². The second kappa shape index (κ2) is 7.74. The fraction of sp³-hybridized carbons (Fsp3) is 0.450. The first-order valence-corrected chi connectivity index (χ1v) is 8.76.